The standard InChI is InChI=1S/C23H25F3N6O5S2/c1-30(2)22-29-11-18(38-22)32(39(35)36)16-5-7-31(20(16)33)17(21(34)37-3)9-13-8-12-4-6-28-19(27)14(12)10-15(13)23(24,25)26/h4,6,8,10-11,16-17,39H,5,7,9H2,1-3H3,(H2,27,28)/t16-,17+/m0/s1. The molecule has 0 spiro atoms. The van der Waals surface area contributed by atoms with Crippen molar-refractivity contribution >= 4 is 60.8 Å². The summed E-state index contributed by atoms with van der Waals surface area (Å²) >= 11 is 1.05. The lowest BCUT2D eigenvalue weighted by molar-refractivity contribution is -0.151. The van der Waals surface area contributed by atoms with E-state index >= 15 is 0 Å². The summed E-state index contributed by atoms with van der Waals surface area (Å²) in [4.78, 5) is 37.0. The molecule has 2 atom stereocenters. The predicted octanol–water partition coefficient (Wildman–Crippen LogP) is 2.08. The molecular weight excluding hydrogens is 561 g/mol. The number of nitrogens with zero attached hydrogens (tertiary/aromatic N) is 5. The van der Waals surface area contributed by atoms with Crippen LogP contribution in [0, 0.1) is 0 Å². The van der Waals surface area contributed by atoms with Crippen LogP contribution in [-0.4, -0.2) is 75.0 Å². The van der Waals surface area contributed by atoms with E-state index in [0.717, 1.165) is 33.7 Å². The third-order valence-electron chi connectivity index (χ3n) is 6.36. The molecule has 1 aliphatic rings. The highest BCUT2D eigenvalue weighted by atomic mass is 32.2. The first-order chi connectivity index (χ1) is 18.3. The number of nitrogen functional groups attached to an aromatic ring is 1. The molecule has 2 aromatic heterocycles. The number of hydrogen-bond acceptors (Lipinski definition) is 10. The number of alkyl halides is 3. The fourth-order valence-corrected chi connectivity index (χ4v) is 6.31. The fraction of sp³-hybridized carbons (Fsp3) is 0.391. The third-order valence-corrected chi connectivity index (χ3v) is 8.51. The smallest absolute Gasteiger partial charge is 0.416 e. The minimum atomic E-state index is -4.79. The van der Waals surface area contributed by atoms with Gasteiger partial charge in [-0.05, 0) is 29.5 Å². The van der Waals surface area contributed by atoms with Crippen LogP contribution in [0.1, 0.15) is 17.5 Å². The van der Waals surface area contributed by atoms with Crippen molar-refractivity contribution in [3.05, 3.63) is 41.7 Å². The van der Waals surface area contributed by atoms with Crippen molar-refractivity contribution in [1.82, 2.24) is 14.9 Å². The van der Waals surface area contributed by atoms with Crippen molar-refractivity contribution in [2.75, 3.05) is 42.7 Å². The van der Waals surface area contributed by atoms with Gasteiger partial charge >= 0.3 is 12.1 Å². The number of methoxy groups -OCH3 is 1. The van der Waals surface area contributed by atoms with Crippen molar-refractivity contribution in [3.63, 3.8) is 0 Å². The summed E-state index contributed by atoms with van der Waals surface area (Å²) in [6, 6.07) is 0.977. The van der Waals surface area contributed by atoms with Gasteiger partial charge in [-0.1, -0.05) is 17.4 Å². The molecule has 3 aromatic rings. The molecule has 210 valence electrons. The first kappa shape index (κ1) is 28.4. The van der Waals surface area contributed by atoms with Gasteiger partial charge in [0.15, 0.2) is 5.13 Å². The van der Waals surface area contributed by atoms with E-state index in [1.54, 1.807) is 19.0 Å². The van der Waals surface area contributed by atoms with Crippen LogP contribution in [0.4, 0.5) is 29.1 Å². The normalized spacial score (nSPS) is 16.6. The number of benzene rings is 1. The Hall–Kier alpha value is -3.66. The van der Waals surface area contributed by atoms with Gasteiger partial charge in [-0.2, -0.15) is 13.2 Å². The molecule has 1 aromatic carbocycles. The molecule has 1 fully saturated rings. The minimum absolute atomic E-state index is 0.0108. The number of pyridine rings is 1. The Morgan fingerprint density at radius 3 is 2.62 bits per heavy atom. The zero-order chi connectivity index (χ0) is 28.6. The maximum Gasteiger partial charge on any atom is 0.416 e. The Balaban J connectivity index is 1.71. The number of fused-ring (bicyclic) bond motifs is 1. The number of thiol groups is 1. The Morgan fingerprint density at radius 2 is 2.03 bits per heavy atom. The third kappa shape index (κ3) is 5.56. The van der Waals surface area contributed by atoms with Gasteiger partial charge in [-0.15, -0.1) is 0 Å². The van der Waals surface area contributed by atoms with E-state index in [-0.39, 0.29) is 34.7 Å². The Kier molecular flexibility index (Phi) is 7.88. The molecule has 2 N–H and O–H groups in total. The predicted molar refractivity (Wildman–Crippen MR) is 140 cm³/mol. The second kappa shape index (κ2) is 10.8. The summed E-state index contributed by atoms with van der Waals surface area (Å²) in [5, 5.41) is 1.17. The molecule has 1 amide bonds. The van der Waals surface area contributed by atoms with Gasteiger partial charge < -0.3 is 20.3 Å². The first-order valence-electron chi connectivity index (χ1n) is 11.5. The maximum absolute atomic E-state index is 14.1. The molecule has 0 radical (unpaired) electrons. The van der Waals surface area contributed by atoms with Crippen molar-refractivity contribution in [2.24, 2.45) is 0 Å². The Labute approximate surface area is 227 Å². The Morgan fingerprint density at radius 1 is 1.31 bits per heavy atom. The molecule has 4 rings (SSSR count). The van der Waals surface area contributed by atoms with Gasteiger partial charge in [-0.25, -0.2) is 27.5 Å². The molecule has 0 aliphatic carbocycles. The SMILES string of the molecule is COC(=O)[C@@H](Cc1cc2ccnc(N)c2cc1C(F)(F)F)N1CC[C@H](N(c2cnc(N(C)C)s2)[SH](=O)=O)C1=O. The summed E-state index contributed by atoms with van der Waals surface area (Å²) in [5.41, 5.74) is 4.49. The van der Waals surface area contributed by atoms with E-state index in [0.29, 0.717) is 10.5 Å². The number of rotatable bonds is 8. The van der Waals surface area contributed by atoms with Crippen LogP contribution in [-0.2, 0) is 37.8 Å². The molecular formula is C23H25F3N6O5S2. The highest BCUT2D eigenvalue weighted by molar-refractivity contribution is 7.74. The average Bonchev–Trinajstić information content (AvgIpc) is 3.49. The number of nitrogens with two attached hydrogens (primary N) is 1. The second-order valence-corrected chi connectivity index (χ2v) is 10.9. The lowest BCUT2D eigenvalue weighted by atomic mass is 9.95. The Bertz CT molecular complexity index is 1480. The molecule has 0 unspecified atom stereocenters. The van der Waals surface area contributed by atoms with Gasteiger partial charge in [0.2, 0.25) is 16.8 Å². The fourth-order valence-electron chi connectivity index (χ4n) is 4.53. The molecule has 0 bridgehead atoms. The van der Waals surface area contributed by atoms with Crippen molar-refractivity contribution in [2.45, 2.75) is 31.1 Å². The van der Waals surface area contributed by atoms with E-state index in [1.165, 1.54) is 24.5 Å². The monoisotopic (exact) mass is 586 g/mol. The topological polar surface area (TPSA) is 139 Å². The zero-order valence-electron chi connectivity index (χ0n) is 21.0. The summed E-state index contributed by atoms with van der Waals surface area (Å²) in [6.07, 6.45) is -2.63. The van der Waals surface area contributed by atoms with Gasteiger partial charge in [0.05, 0.1) is 18.9 Å². The lowest BCUT2D eigenvalue weighted by Gasteiger charge is -2.28. The van der Waals surface area contributed by atoms with Crippen molar-refractivity contribution < 1.29 is 35.9 Å². The summed E-state index contributed by atoms with van der Waals surface area (Å²) in [7, 11) is 1.23. The number of thiazole rings is 1. The number of likely N-dealkylation sites (tertiary alicyclic amines) is 1. The van der Waals surface area contributed by atoms with E-state index in [4.69, 9.17) is 10.5 Å². The van der Waals surface area contributed by atoms with E-state index < -0.39 is 53.0 Å². The van der Waals surface area contributed by atoms with Crippen LogP contribution in [0.5, 0.6) is 0 Å². The molecule has 3 heterocycles. The molecule has 0 saturated carbocycles. The quantitative estimate of drug-likeness (QED) is 0.300. The molecule has 39 heavy (non-hydrogen) atoms. The zero-order valence-corrected chi connectivity index (χ0v) is 22.7. The summed E-state index contributed by atoms with van der Waals surface area (Å²) < 4.78 is 72.3. The highest BCUT2D eigenvalue weighted by Gasteiger charge is 2.45. The van der Waals surface area contributed by atoms with E-state index in [2.05, 4.69) is 9.97 Å². The number of esters is 1. The lowest BCUT2D eigenvalue weighted by Crippen LogP contribution is -2.48. The largest absolute Gasteiger partial charge is 0.467 e. The van der Waals surface area contributed by atoms with Crippen LogP contribution < -0.4 is 14.9 Å². The summed E-state index contributed by atoms with van der Waals surface area (Å²) in [6.45, 7) is -0.0753. The molecule has 16 heteroatoms. The van der Waals surface area contributed by atoms with Crippen LogP contribution in [0.2, 0.25) is 0 Å². The molecule has 1 saturated heterocycles. The number of hydrogen-bond donors (Lipinski definition) is 2. The highest BCUT2D eigenvalue weighted by Crippen LogP contribution is 2.38. The number of carbonyl (C=O) groups is 2. The molecule has 11 nitrogen and oxygen atoms in total. The van der Waals surface area contributed by atoms with Gasteiger partial charge in [-0.3, -0.25) is 4.79 Å². The van der Waals surface area contributed by atoms with Crippen molar-refractivity contribution in [3.8, 4) is 0 Å². The second-order valence-electron chi connectivity index (χ2n) is 8.96. The van der Waals surface area contributed by atoms with E-state index in [9.17, 15) is 31.2 Å². The maximum atomic E-state index is 14.1. The summed E-state index contributed by atoms with van der Waals surface area (Å²) in [5.74, 6) is -1.75. The van der Waals surface area contributed by atoms with Crippen molar-refractivity contribution in [1.29, 1.82) is 0 Å². The van der Waals surface area contributed by atoms with Gasteiger partial charge in [0.1, 0.15) is 22.9 Å². The number of aromatic nitrogens is 2. The number of halogens is 3. The number of amides is 1. The minimum Gasteiger partial charge on any atom is -0.467 e. The van der Waals surface area contributed by atoms with Crippen LogP contribution in [0.25, 0.3) is 10.8 Å². The average molecular weight is 587 g/mol. The van der Waals surface area contributed by atoms with Crippen LogP contribution in [0.3, 0.4) is 0 Å². The first-order valence-corrected chi connectivity index (χ1v) is 13.5. The number of carbonyl (C=O) groups excluding carboxylic acids is 2. The number of ether oxygens (including phenoxy) is 1. The number of anilines is 3. The van der Waals surface area contributed by atoms with Gasteiger partial charge in [0, 0.05) is 38.6 Å². The van der Waals surface area contributed by atoms with Crippen LogP contribution >= 0.6 is 11.3 Å². The van der Waals surface area contributed by atoms with E-state index in [1.807, 2.05) is 0 Å². The van der Waals surface area contributed by atoms with Gasteiger partial charge in [0.25, 0.3) is 0 Å². The molecule has 1 aliphatic heterocycles. The van der Waals surface area contributed by atoms with Crippen LogP contribution in [0.15, 0.2) is 30.6 Å².